The Balaban J connectivity index is 1.13. The van der Waals surface area contributed by atoms with E-state index in [1.807, 2.05) is 6.08 Å². The van der Waals surface area contributed by atoms with Gasteiger partial charge in [0.1, 0.15) is 18.1 Å². The zero-order chi connectivity index (χ0) is 37.5. The van der Waals surface area contributed by atoms with Gasteiger partial charge >= 0.3 is 0 Å². The van der Waals surface area contributed by atoms with Gasteiger partial charge in [-0.3, -0.25) is 28.8 Å². The molecule has 11 nitrogen and oxygen atoms in total. The molecule has 0 spiro atoms. The molecule has 0 bridgehead atoms. The quantitative estimate of drug-likeness (QED) is 0.190. The van der Waals surface area contributed by atoms with Crippen LogP contribution in [0.25, 0.3) is 0 Å². The third-order valence-corrected chi connectivity index (χ3v) is 15.3. The van der Waals surface area contributed by atoms with E-state index in [0.29, 0.717) is 17.9 Å². The topological polar surface area (TPSA) is 154 Å². The summed E-state index contributed by atoms with van der Waals surface area (Å²) in [5.74, 6) is -1.31. The average molecular weight is 752 g/mol. The third-order valence-electron chi connectivity index (χ3n) is 14.2. The number of allylic oxidation sites excluding steroid dienone is 1. The van der Waals surface area contributed by atoms with E-state index in [1.54, 1.807) is 4.90 Å². The molecule has 7 rings (SSSR count). The zero-order valence-electron chi connectivity index (χ0n) is 32.0. The molecule has 5 aliphatic carbocycles. The van der Waals surface area contributed by atoms with Gasteiger partial charge in [0, 0.05) is 18.3 Å². The molecule has 0 aromatic rings. The van der Waals surface area contributed by atoms with E-state index in [-0.39, 0.29) is 58.8 Å². The van der Waals surface area contributed by atoms with Crippen LogP contribution in [0.2, 0.25) is 0 Å². The highest BCUT2D eigenvalue weighted by molar-refractivity contribution is 8.04. The molecule has 1 unspecified atom stereocenters. The summed E-state index contributed by atoms with van der Waals surface area (Å²) < 4.78 is 0. The van der Waals surface area contributed by atoms with E-state index < -0.39 is 41.3 Å². The van der Waals surface area contributed by atoms with E-state index in [9.17, 15) is 24.0 Å². The second-order valence-corrected chi connectivity index (χ2v) is 19.4. The van der Waals surface area contributed by atoms with Gasteiger partial charge in [-0.25, -0.2) is 0 Å². The summed E-state index contributed by atoms with van der Waals surface area (Å²) in [6, 6.07) is -3.34. The van der Waals surface area contributed by atoms with Crippen LogP contribution in [-0.2, 0) is 28.8 Å². The molecule has 7 aliphatic rings. The van der Waals surface area contributed by atoms with E-state index in [2.05, 4.69) is 42.0 Å². The smallest absolute Gasteiger partial charge is 0.289 e. The van der Waals surface area contributed by atoms with Crippen LogP contribution in [0.4, 0.5) is 0 Å². The van der Waals surface area contributed by atoms with Gasteiger partial charge in [-0.1, -0.05) is 84.6 Å². The highest BCUT2D eigenvalue weighted by Crippen LogP contribution is 2.65. The van der Waals surface area contributed by atoms with Crippen molar-refractivity contribution < 1.29 is 28.8 Å². The highest BCUT2D eigenvalue weighted by atomic mass is 32.2. The minimum atomic E-state index is -0.941. The normalized spacial score (nSPS) is 29.4. The van der Waals surface area contributed by atoms with Crippen LogP contribution in [-0.4, -0.2) is 82.7 Å². The number of hydrogen-bond donors (Lipinski definition) is 4. The van der Waals surface area contributed by atoms with Crippen molar-refractivity contribution in [3.63, 3.8) is 0 Å². The molecule has 4 N–H and O–H groups in total. The van der Waals surface area contributed by atoms with E-state index in [1.165, 1.54) is 11.8 Å². The Hall–Kier alpha value is -2.89. The Kier molecular flexibility index (Phi) is 11.4. The Morgan fingerprint density at radius 2 is 1.55 bits per heavy atom. The summed E-state index contributed by atoms with van der Waals surface area (Å²) in [5, 5.41) is 12.1. The molecule has 0 aromatic heterocycles. The van der Waals surface area contributed by atoms with Crippen LogP contribution in [0.5, 0.6) is 0 Å². The minimum Gasteiger partial charge on any atom is -0.347 e. The van der Waals surface area contributed by atoms with Crippen LogP contribution in [0, 0.1) is 34.5 Å². The number of carbonyl (C=O) groups excluding carboxylic acids is 6. The second-order valence-electron chi connectivity index (χ2n) is 18.3. The number of thioether (sulfide) groups is 1. The maximum atomic E-state index is 15.1. The first-order valence-electron chi connectivity index (χ1n) is 20.8. The van der Waals surface area contributed by atoms with Gasteiger partial charge in [-0.15, -0.1) is 11.8 Å². The molecule has 0 radical (unpaired) electrons. The van der Waals surface area contributed by atoms with Crippen molar-refractivity contribution in [3.8, 4) is 0 Å². The molecule has 292 valence electrons. The lowest BCUT2D eigenvalue weighted by Crippen LogP contribution is -2.64. The van der Waals surface area contributed by atoms with Crippen LogP contribution in [0.1, 0.15) is 130 Å². The molecule has 1 saturated heterocycles. The first kappa shape index (κ1) is 38.4. The van der Waals surface area contributed by atoms with Gasteiger partial charge in [0.25, 0.3) is 11.8 Å². The van der Waals surface area contributed by atoms with E-state index in [0.717, 1.165) is 108 Å². The fraction of sp³-hybridized carbons (Fsp3) is 0.805. The summed E-state index contributed by atoms with van der Waals surface area (Å²) in [6.45, 7) is 6.74. The lowest BCUT2D eigenvalue weighted by atomic mass is 9.69. The van der Waals surface area contributed by atoms with Crippen molar-refractivity contribution >= 4 is 47.1 Å². The molecular weight excluding hydrogens is 691 g/mol. The molecule has 5 saturated carbocycles. The van der Waals surface area contributed by atoms with Crippen molar-refractivity contribution in [1.82, 2.24) is 26.2 Å². The average Bonchev–Trinajstić information content (AvgIpc) is 3.82. The molecule has 6 fully saturated rings. The number of fused-ring (bicyclic) bond motifs is 1. The molecular formula is C41H61N5O6S. The van der Waals surface area contributed by atoms with E-state index >= 15 is 4.79 Å². The first-order chi connectivity index (χ1) is 25.4. The lowest BCUT2D eigenvalue weighted by molar-refractivity contribution is -0.148. The predicted octanol–water partition coefficient (Wildman–Crippen LogP) is 4.53. The number of likely N-dealkylation sites (tertiary alicyclic amines) is 1. The van der Waals surface area contributed by atoms with Crippen molar-refractivity contribution in [1.29, 1.82) is 0 Å². The fourth-order valence-corrected chi connectivity index (χ4v) is 11.1. The molecule has 2 aliphatic heterocycles. The summed E-state index contributed by atoms with van der Waals surface area (Å²) in [4.78, 5) is 86.3. The predicted molar refractivity (Wildman–Crippen MR) is 203 cm³/mol. The number of hydrogen-bond acceptors (Lipinski definition) is 7. The number of nitrogens with one attached hydrogen (secondary N) is 4. The van der Waals surface area contributed by atoms with E-state index in [4.69, 9.17) is 0 Å². The van der Waals surface area contributed by atoms with Crippen LogP contribution in [0.3, 0.4) is 0 Å². The van der Waals surface area contributed by atoms with Gasteiger partial charge in [-0.2, -0.15) is 0 Å². The number of carbonyl (C=O) groups is 6. The van der Waals surface area contributed by atoms with Gasteiger partial charge in [0.05, 0.1) is 10.9 Å². The Morgan fingerprint density at radius 1 is 0.849 bits per heavy atom. The monoisotopic (exact) mass is 751 g/mol. The maximum Gasteiger partial charge on any atom is 0.289 e. The molecule has 2 heterocycles. The van der Waals surface area contributed by atoms with Gasteiger partial charge in [0.15, 0.2) is 0 Å². The molecule has 0 aromatic carbocycles. The van der Waals surface area contributed by atoms with Crippen molar-refractivity contribution in [2.75, 3.05) is 12.3 Å². The van der Waals surface area contributed by atoms with Gasteiger partial charge in [-0.05, 0) is 85.9 Å². The van der Waals surface area contributed by atoms with Gasteiger partial charge < -0.3 is 26.2 Å². The lowest BCUT2D eigenvalue weighted by Gasteiger charge is -2.44. The fourth-order valence-electron chi connectivity index (χ4n) is 10.2. The largest absolute Gasteiger partial charge is 0.347 e. The number of piperidine rings is 1. The number of amides is 5. The molecule has 6 atom stereocenters. The van der Waals surface area contributed by atoms with Crippen LogP contribution < -0.4 is 21.3 Å². The summed E-state index contributed by atoms with van der Waals surface area (Å²) >= 11 is 1.51. The van der Waals surface area contributed by atoms with Crippen molar-refractivity contribution in [2.45, 2.75) is 160 Å². The summed E-state index contributed by atoms with van der Waals surface area (Å²) in [6.07, 6.45) is 17.2. The van der Waals surface area contributed by atoms with Crippen LogP contribution in [0.15, 0.2) is 11.0 Å². The molecule has 53 heavy (non-hydrogen) atoms. The Morgan fingerprint density at radius 3 is 2.17 bits per heavy atom. The first-order valence-corrected chi connectivity index (χ1v) is 21.8. The maximum absolute atomic E-state index is 15.1. The van der Waals surface area contributed by atoms with Gasteiger partial charge in [0.2, 0.25) is 23.5 Å². The summed E-state index contributed by atoms with van der Waals surface area (Å²) in [7, 11) is 0. The zero-order valence-corrected chi connectivity index (χ0v) is 32.8. The molecule has 12 heteroatoms. The Labute approximate surface area is 319 Å². The standard InChI is InChI=1S/C41H61N5O6S/c1-40(2)27-23-46(32(30(27)40)37(50)43-28(22-24-12-10-13-24)33(47)38(51)42-26-17-18-26)39(52)34(41(3)19-8-5-9-20-41)45-36(49)31(25-14-6-4-7-15-25)44-35(48)29-16-11-21-53-29/h16,24-28,30-32,34H,4-15,17-23H2,1-3H3,(H,42,51)(H,43,50)(H,44,48)(H,45,49)/t27-,28?,30-,31-,32-,34+/m0/s1. The van der Waals surface area contributed by atoms with Crippen molar-refractivity contribution in [3.05, 3.63) is 11.0 Å². The number of ketones is 1. The van der Waals surface area contributed by atoms with Crippen LogP contribution >= 0.6 is 11.8 Å². The summed E-state index contributed by atoms with van der Waals surface area (Å²) in [5.41, 5.74) is -0.685. The number of nitrogens with zero attached hydrogens (tertiary/aromatic N) is 1. The highest BCUT2D eigenvalue weighted by Gasteiger charge is 2.70. The third kappa shape index (κ3) is 8.23. The number of rotatable bonds is 14. The Bertz CT molecular complexity index is 1490. The minimum absolute atomic E-state index is 0.0179. The molecule has 5 amide bonds. The SMILES string of the molecule is CC1([C@H](NC(=O)[C@@H](NC(=O)C2=CCCS2)C2CCCCC2)C(=O)N2C[C@H]3[C@@H]([C@H]2C(=O)NC(CC2CCC2)C(=O)C(=O)NC2CC2)C3(C)C)CCCCC1. The van der Waals surface area contributed by atoms with Crippen molar-refractivity contribution in [2.24, 2.45) is 34.5 Å². The number of Topliss-reactive ketones (excluding diaryl/α,β-unsaturated/α-hetero) is 1. The second kappa shape index (κ2) is 15.7.